The van der Waals surface area contributed by atoms with E-state index >= 15 is 0 Å². The lowest BCUT2D eigenvalue weighted by Gasteiger charge is -2.46. The first-order valence-electron chi connectivity index (χ1n) is 10.8. The van der Waals surface area contributed by atoms with Gasteiger partial charge in [0.1, 0.15) is 11.4 Å². The number of nitrogens with one attached hydrogen (secondary N) is 2. The quantitative estimate of drug-likeness (QED) is 0.234. The number of carbonyl (C=O) groups is 4. The number of phenols is 1. The van der Waals surface area contributed by atoms with Crippen LogP contribution in [0.3, 0.4) is 0 Å². The number of para-hydroxylation sites is 1. The van der Waals surface area contributed by atoms with Crippen LogP contribution in [0.1, 0.15) is 30.6 Å². The number of hydrogen-bond acceptors (Lipinski definition) is 8. The minimum Gasteiger partial charge on any atom is -0.506 e. The summed E-state index contributed by atoms with van der Waals surface area (Å²) in [4.78, 5) is 50.4. The Morgan fingerprint density at radius 1 is 1.24 bits per heavy atom. The maximum atomic E-state index is 12.8. The third kappa shape index (κ3) is 3.91. The van der Waals surface area contributed by atoms with Gasteiger partial charge >= 0.3 is 11.9 Å². The average molecular weight is 492 g/mol. The molecule has 1 aromatic carbocycles. The Hall–Kier alpha value is -3.09. The zero-order chi connectivity index (χ0) is 24.9. The third-order valence-electron chi connectivity index (χ3n) is 6.53. The summed E-state index contributed by atoms with van der Waals surface area (Å²) < 4.78 is 0. The predicted molar refractivity (Wildman–Crippen MR) is 121 cm³/mol. The van der Waals surface area contributed by atoms with Gasteiger partial charge in [0.2, 0.25) is 11.8 Å². The topological polar surface area (TPSA) is 176 Å². The van der Waals surface area contributed by atoms with Crippen LogP contribution >= 0.6 is 11.8 Å². The fourth-order valence-electron chi connectivity index (χ4n) is 4.91. The third-order valence-corrected chi connectivity index (χ3v) is 8.04. The number of aromatic hydroxyl groups is 1. The van der Waals surface area contributed by atoms with Crippen molar-refractivity contribution in [3.63, 3.8) is 0 Å². The number of carboxylic acid groups (broad SMARTS) is 2. The van der Waals surface area contributed by atoms with Gasteiger partial charge in [0.15, 0.2) is 0 Å². The molecule has 0 aliphatic carbocycles. The fraction of sp³-hybridized carbons (Fsp3) is 0.455. The van der Waals surface area contributed by atoms with Gasteiger partial charge in [0.05, 0.1) is 35.4 Å². The molecule has 1 aromatic rings. The lowest BCUT2D eigenvalue weighted by atomic mass is 9.79. The Labute approximate surface area is 198 Å². The van der Waals surface area contributed by atoms with Crippen molar-refractivity contribution < 1.29 is 39.6 Å². The van der Waals surface area contributed by atoms with E-state index in [1.807, 2.05) is 6.92 Å². The van der Waals surface area contributed by atoms with Crippen LogP contribution in [-0.2, 0) is 14.4 Å². The first kappa shape index (κ1) is 24.0. The maximum absolute atomic E-state index is 12.8. The summed E-state index contributed by atoms with van der Waals surface area (Å²) in [5.41, 5.74) is -0.502. The minimum atomic E-state index is -1.29. The zero-order valence-corrected chi connectivity index (χ0v) is 19.2. The SMILES string of the molecule is CC(O)C1C(=O)N2C(C(=O)O)=C(SC3CNC(C(=O)Nc4c(O)cccc4C(=O)O)C3)C(C)[C@H]12. The number of amides is 2. The molecule has 0 bridgehead atoms. The summed E-state index contributed by atoms with van der Waals surface area (Å²) in [6.07, 6.45) is -0.560. The van der Waals surface area contributed by atoms with Crippen LogP contribution < -0.4 is 10.6 Å². The van der Waals surface area contributed by atoms with Gasteiger partial charge in [0, 0.05) is 22.6 Å². The monoisotopic (exact) mass is 491 g/mol. The second kappa shape index (κ2) is 8.93. The molecule has 2 fully saturated rings. The van der Waals surface area contributed by atoms with E-state index in [0.29, 0.717) is 17.9 Å². The van der Waals surface area contributed by atoms with Crippen molar-refractivity contribution in [1.82, 2.24) is 10.2 Å². The molecule has 6 N–H and O–H groups in total. The predicted octanol–water partition coefficient (Wildman–Crippen LogP) is 0.646. The van der Waals surface area contributed by atoms with Crippen LogP contribution in [0.5, 0.6) is 5.75 Å². The molecule has 6 atom stereocenters. The number of aliphatic hydroxyl groups excluding tert-OH is 1. The number of aromatic carboxylic acids is 1. The molecule has 2 saturated heterocycles. The Morgan fingerprint density at radius 2 is 1.94 bits per heavy atom. The summed E-state index contributed by atoms with van der Waals surface area (Å²) in [5.74, 6) is -4.72. The molecule has 4 rings (SSSR count). The number of rotatable bonds is 7. The van der Waals surface area contributed by atoms with Crippen molar-refractivity contribution >= 4 is 41.2 Å². The molecule has 3 aliphatic heterocycles. The van der Waals surface area contributed by atoms with E-state index in [4.69, 9.17) is 0 Å². The highest BCUT2D eigenvalue weighted by Crippen LogP contribution is 2.51. The number of carbonyl (C=O) groups excluding carboxylic acids is 2. The highest BCUT2D eigenvalue weighted by Gasteiger charge is 2.60. The number of aliphatic hydroxyl groups is 1. The van der Waals surface area contributed by atoms with E-state index in [-0.39, 0.29) is 33.9 Å². The van der Waals surface area contributed by atoms with Crippen LogP contribution in [0, 0.1) is 11.8 Å². The van der Waals surface area contributed by atoms with Gasteiger partial charge in [-0.05, 0) is 25.5 Å². The van der Waals surface area contributed by atoms with Gasteiger partial charge in [-0.15, -0.1) is 11.8 Å². The molecule has 182 valence electrons. The van der Waals surface area contributed by atoms with Crippen LogP contribution in [0.15, 0.2) is 28.8 Å². The lowest BCUT2D eigenvalue weighted by molar-refractivity contribution is -0.163. The number of nitrogens with zero attached hydrogens (tertiary/aromatic N) is 1. The average Bonchev–Trinajstić information content (AvgIpc) is 3.31. The number of anilines is 1. The Bertz CT molecular complexity index is 1100. The van der Waals surface area contributed by atoms with E-state index in [0.717, 1.165) is 0 Å². The summed E-state index contributed by atoms with van der Waals surface area (Å²) in [6.45, 7) is 3.73. The Balaban J connectivity index is 1.47. The van der Waals surface area contributed by atoms with Crippen molar-refractivity contribution in [2.75, 3.05) is 11.9 Å². The Morgan fingerprint density at radius 3 is 2.56 bits per heavy atom. The molecule has 0 spiro atoms. The van der Waals surface area contributed by atoms with Crippen LogP contribution in [0.2, 0.25) is 0 Å². The Kier molecular flexibility index (Phi) is 6.32. The highest BCUT2D eigenvalue weighted by molar-refractivity contribution is 8.03. The number of β-lactam (4-membered cyclic amide) rings is 1. The molecular weight excluding hydrogens is 466 g/mol. The van der Waals surface area contributed by atoms with Gasteiger partial charge in [-0.25, -0.2) is 9.59 Å². The largest absolute Gasteiger partial charge is 0.506 e. The smallest absolute Gasteiger partial charge is 0.353 e. The van der Waals surface area contributed by atoms with E-state index in [1.165, 1.54) is 41.8 Å². The summed E-state index contributed by atoms with van der Waals surface area (Å²) in [7, 11) is 0. The van der Waals surface area contributed by atoms with Crippen LogP contribution in [0.4, 0.5) is 5.69 Å². The fourth-order valence-corrected chi connectivity index (χ4v) is 6.39. The summed E-state index contributed by atoms with van der Waals surface area (Å²) in [5, 5.41) is 44.4. The first-order valence-corrected chi connectivity index (χ1v) is 11.7. The van der Waals surface area contributed by atoms with Crippen LogP contribution in [-0.4, -0.2) is 79.1 Å². The van der Waals surface area contributed by atoms with E-state index in [9.17, 15) is 39.6 Å². The van der Waals surface area contributed by atoms with Crippen molar-refractivity contribution in [2.45, 2.75) is 43.7 Å². The molecule has 34 heavy (non-hydrogen) atoms. The standard InChI is InChI=1S/C22H25N3O8S/c1-8-16-14(9(2)26)20(29)25(16)17(22(32)33)18(8)34-10-6-12(23-7-10)19(28)24-15-11(21(30)31)4-3-5-13(15)27/h3-5,8-10,12,14,16,23,26-27H,6-7H2,1-2H3,(H,24,28)(H,30,31)(H,32,33)/t8?,9?,10?,12?,14?,16-/m1/s1. The number of hydrogen-bond donors (Lipinski definition) is 6. The normalized spacial score (nSPS) is 29.0. The van der Waals surface area contributed by atoms with Gasteiger partial charge in [-0.3, -0.25) is 9.59 Å². The molecule has 0 radical (unpaired) electrons. The number of phenolic OH excluding ortho intramolecular Hbond substituents is 1. The number of aliphatic carboxylic acids is 1. The molecule has 11 nitrogen and oxygen atoms in total. The van der Waals surface area contributed by atoms with Crippen molar-refractivity contribution in [3.05, 3.63) is 34.4 Å². The second-order valence-electron chi connectivity index (χ2n) is 8.70. The van der Waals surface area contributed by atoms with Crippen molar-refractivity contribution in [3.8, 4) is 5.75 Å². The van der Waals surface area contributed by atoms with E-state index in [2.05, 4.69) is 10.6 Å². The van der Waals surface area contributed by atoms with Gasteiger partial charge in [0.25, 0.3) is 0 Å². The number of thioether (sulfide) groups is 1. The lowest BCUT2D eigenvalue weighted by Crippen LogP contribution is -2.63. The second-order valence-corrected chi connectivity index (χ2v) is 10.0. The van der Waals surface area contributed by atoms with E-state index in [1.54, 1.807) is 0 Å². The minimum absolute atomic E-state index is 0.0717. The van der Waals surface area contributed by atoms with Crippen LogP contribution in [0.25, 0.3) is 0 Å². The molecule has 2 amide bonds. The van der Waals surface area contributed by atoms with Gasteiger partial charge < -0.3 is 36.0 Å². The number of benzene rings is 1. The van der Waals surface area contributed by atoms with Crippen molar-refractivity contribution in [2.24, 2.45) is 11.8 Å². The van der Waals surface area contributed by atoms with Crippen molar-refractivity contribution in [1.29, 1.82) is 0 Å². The number of carboxylic acids is 2. The first-order chi connectivity index (χ1) is 16.0. The zero-order valence-electron chi connectivity index (χ0n) is 18.4. The van der Waals surface area contributed by atoms with E-state index < -0.39 is 47.9 Å². The van der Waals surface area contributed by atoms with Gasteiger partial charge in [-0.2, -0.15) is 0 Å². The molecule has 3 aliphatic rings. The molecule has 12 heteroatoms. The molecule has 3 heterocycles. The highest BCUT2D eigenvalue weighted by atomic mass is 32.2. The van der Waals surface area contributed by atoms with Gasteiger partial charge in [-0.1, -0.05) is 13.0 Å². The molecular formula is C22H25N3O8S. The number of fused-ring (bicyclic) bond motifs is 1. The summed E-state index contributed by atoms with van der Waals surface area (Å²) in [6, 6.07) is 2.81. The molecule has 0 saturated carbocycles. The molecule has 0 aromatic heterocycles. The molecule has 5 unspecified atom stereocenters. The summed E-state index contributed by atoms with van der Waals surface area (Å²) >= 11 is 1.30. The maximum Gasteiger partial charge on any atom is 0.353 e.